The van der Waals surface area contributed by atoms with Gasteiger partial charge in [-0.1, -0.05) is 17.3 Å². The molecule has 1 amide bonds. The van der Waals surface area contributed by atoms with Gasteiger partial charge in [-0.05, 0) is 12.1 Å². The number of ether oxygens (including phenoxy) is 1. The number of nitrogens with two attached hydrogens (primary N) is 2. The summed E-state index contributed by atoms with van der Waals surface area (Å²) in [5.41, 5.74) is 12.2. The first-order chi connectivity index (χ1) is 9.61. The van der Waals surface area contributed by atoms with Gasteiger partial charge in [-0.3, -0.25) is 4.79 Å². The highest BCUT2D eigenvalue weighted by atomic mass is 16.5. The molecular weight excluding hydrogens is 260 g/mol. The molecule has 0 unspecified atom stereocenters. The molecule has 20 heavy (non-hydrogen) atoms. The van der Waals surface area contributed by atoms with Crippen molar-refractivity contribution in [3.05, 3.63) is 34.9 Å². The first-order valence-electron chi connectivity index (χ1n) is 5.89. The largest absolute Gasteiger partial charge is 0.492 e. The van der Waals surface area contributed by atoms with Crippen LogP contribution in [0.1, 0.15) is 17.5 Å². The van der Waals surface area contributed by atoms with Gasteiger partial charge in [0.15, 0.2) is 5.96 Å². The number of guanidine groups is 1. The molecule has 1 aromatic carbocycles. The zero-order valence-electron chi connectivity index (χ0n) is 10.6. The average Bonchev–Trinajstić information content (AvgIpc) is 2.61. The fourth-order valence-electron chi connectivity index (χ4n) is 1.90. The maximum absolute atomic E-state index is 11.8. The number of benzene rings is 1. The van der Waals surface area contributed by atoms with E-state index in [1.54, 1.807) is 24.3 Å². The third-order valence-electron chi connectivity index (χ3n) is 2.73. The topological polar surface area (TPSA) is 123 Å². The molecule has 7 nitrogen and oxygen atoms in total. The van der Waals surface area contributed by atoms with Gasteiger partial charge in [0.05, 0.1) is 12.8 Å². The van der Waals surface area contributed by atoms with Gasteiger partial charge in [-0.25, -0.2) is 0 Å². The van der Waals surface area contributed by atoms with E-state index in [0.29, 0.717) is 35.5 Å². The van der Waals surface area contributed by atoms with Gasteiger partial charge in [0.25, 0.3) is 5.91 Å². The Morgan fingerprint density at radius 1 is 1.40 bits per heavy atom. The number of rotatable bonds is 2. The highest BCUT2D eigenvalue weighted by Gasteiger charge is 2.16. The second kappa shape index (κ2) is 5.87. The molecule has 0 bridgehead atoms. The minimum absolute atomic E-state index is 0.276. The van der Waals surface area contributed by atoms with E-state index in [1.807, 2.05) is 0 Å². The molecule has 104 valence electrons. The van der Waals surface area contributed by atoms with Crippen molar-refractivity contribution in [1.29, 1.82) is 0 Å². The Hall–Kier alpha value is -2.83. The molecule has 1 aromatic rings. The molecule has 0 saturated carbocycles. The predicted octanol–water partition coefficient (Wildman–Crippen LogP) is 0.461. The Morgan fingerprint density at radius 2 is 2.20 bits per heavy atom. The maximum Gasteiger partial charge on any atom is 0.276 e. The number of hydrogen-bond donors (Lipinski definition) is 3. The number of fused-ring (bicyclic) bond motifs is 1. The molecule has 0 aliphatic carbocycles. The van der Waals surface area contributed by atoms with Crippen LogP contribution in [0, 0.1) is 0 Å². The van der Waals surface area contributed by atoms with Gasteiger partial charge < -0.3 is 21.4 Å². The Kier molecular flexibility index (Phi) is 3.99. The standard InChI is InChI=1S/C13H14N4O3/c14-13(15)17-12(18)9-4-5-20-11-8(6-9)2-1-3-10(11)7-16-19/h1-3,6-7,19H,4-5H2,(H4,14,15,17,18). The minimum atomic E-state index is -0.484. The van der Waals surface area contributed by atoms with Crippen molar-refractivity contribution in [1.82, 2.24) is 0 Å². The van der Waals surface area contributed by atoms with Gasteiger partial charge in [0, 0.05) is 23.1 Å². The minimum Gasteiger partial charge on any atom is -0.492 e. The van der Waals surface area contributed by atoms with Crippen LogP contribution >= 0.6 is 0 Å². The number of nitrogens with zero attached hydrogens (tertiary/aromatic N) is 2. The van der Waals surface area contributed by atoms with E-state index in [0.717, 1.165) is 0 Å². The molecular formula is C13H14N4O3. The smallest absolute Gasteiger partial charge is 0.276 e. The fourth-order valence-corrected chi connectivity index (χ4v) is 1.90. The van der Waals surface area contributed by atoms with E-state index in [2.05, 4.69) is 10.1 Å². The summed E-state index contributed by atoms with van der Waals surface area (Å²) >= 11 is 0. The second-order valence-electron chi connectivity index (χ2n) is 4.12. The molecule has 5 N–H and O–H groups in total. The van der Waals surface area contributed by atoms with Crippen molar-refractivity contribution in [2.24, 2.45) is 21.6 Å². The monoisotopic (exact) mass is 274 g/mol. The van der Waals surface area contributed by atoms with E-state index in [4.69, 9.17) is 21.4 Å². The lowest BCUT2D eigenvalue weighted by atomic mass is 10.1. The SMILES string of the molecule is NC(N)=NC(=O)C1=Cc2cccc(C=NO)c2OCC1. The highest BCUT2D eigenvalue weighted by Crippen LogP contribution is 2.29. The van der Waals surface area contributed by atoms with E-state index in [1.165, 1.54) is 6.21 Å². The number of carbonyl (C=O) groups is 1. The summed E-state index contributed by atoms with van der Waals surface area (Å²) < 4.78 is 5.60. The van der Waals surface area contributed by atoms with Gasteiger partial charge in [-0.2, -0.15) is 4.99 Å². The summed E-state index contributed by atoms with van der Waals surface area (Å²) in [6, 6.07) is 5.30. The third-order valence-corrected chi connectivity index (χ3v) is 2.73. The van der Waals surface area contributed by atoms with E-state index in [-0.39, 0.29) is 5.96 Å². The Labute approximate surface area is 115 Å². The summed E-state index contributed by atoms with van der Waals surface area (Å²) in [4.78, 5) is 15.4. The molecule has 0 saturated heterocycles. The molecule has 0 fully saturated rings. The lowest BCUT2D eigenvalue weighted by molar-refractivity contribution is -0.114. The Morgan fingerprint density at radius 3 is 2.90 bits per heavy atom. The molecule has 0 spiro atoms. The number of amides is 1. The van der Waals surface area contributed by atoms with Gasteiger partial charge in [0.2, 0.25) is 0 Å². The molecule has 0 radical (unpaired) electrons. The summed E-state index contributed by atoms with van der Waals surface area (Å²) in [7, 11) is 0. The molecule has 0 atom stereocenters. The molecule has 1 heterocycles. The Balaban J connectivity index is 2.44. The van der Waals surface area contributed by atoms with Gasteiger partial charge in [-0.15, -0.1) is 0 Å². The first kappa shape index (κ1) is 13.6. The van der Waals surface area contributed by atoms with E-state index in [9.17, 15) is 4.79 Å². The molecule has 1 aliphatic heterocycles. The van der Waals surface area contributed by atoms with Crippen LogP contribution in [0.25, 0.3) is 6.08 Å². The van der Waals surface area contributed by atoms with Crippen LogP contribution in [0.4, 0.5) is 0 Å². The van der Waals surface area contributed by atoms with Crippen LogP contribution in [0.15, 0.2) is 33.9 Å². The van der Waals surface area contributed by atoms with Crippen LogP contribution in [-0.4, -0.2) is 29.9 Å². The van der Waals surface area contributed by atoms with Crippen LogP contribution in [0.2, 0.25) is 0 Å². The lowest BCUT2D eigenvalue weighted by Crippen LogP contribution is -2.24. The lowest BCUT2D eigenvalue weighted by Gasteiger charge is -2.08. The van der Waals surface area contributed by atoms with Crippen molar-refractivity contribution in [2.75, 3.05) is 6.61 Å². The van der Waals surface area contributed by atoms with Crippen molar-refractivity contribution in [3.8, 4) is 5.75 Å². The molecule has 2 rings (SSSR count). The van der Waals surface area contributed by atoms with Crippen LogP contribution in [-0.2, 0) is 4.79 Å². The quantitative estimate of drug-likeness (QED) is 0.313. The van der Waals surface area contributed by atoms with Crippen LogP contribution in [0.5, 0.6) is 5.75 Å². The van der Waals surface area contributed by atoms with Crippen molar-refractivity contribution >= 4 is 24.2 Å². The van der Waals surface area contributed by atoms with E-state index >= 15 is 0 Å². The number of aliphatic imine (C=N–C) groups is 1. The number of hydrogen-bond acceptors (Lipinski definition) is 4. The van der Waals surface area contributed by atoms with Crippen molar-refractivity contribution in [3.63, 3.8) is 0 Å². The van der Waals surface area contributed by atoms with Crippen LogP contribution in [0.3, 0.4) is 0 Å². The van der Waals surface area contributed by atoms with Gasteiger partial charge >= 0.3 is 0 Å². The average molecular weight is 274 g/mol. The number of para-hydroxylation sites is 1. The van der Waals surface area contributed by atoms with Crippen molar-refractivity contribution in [2.45, 2.75) is 6.42 Å². The Bertz CT molecular complexity index is 616. The zero-order valence-corrected chi connectivity index (χ0v) is 10.6. The number of oxime groups is 1. The maximum atomic E-state index is 11.8. The first-order valence-corrected chi connectivity index (χ1v) is 5.89. The summed E-state index contributed by atoms with van der Waals surface area (Å²) in [5, 5.41) is 11.6. The normalized spacial score (nSPS) is 13.9. The van der Waals surface area contributed by atoms with Gasteiger partial charge in [0.1, 0.15) is 5.75 Å². The second-order valence-corrected chi connectivity index (χ2v) is 4.12. The fraction of sp³-hybridized carbons (Fsp3) is 0.154. The summed E-state index contributed by atoms with van der Waals surface area (Å²) in [5.74, 6) is -0.206. The van der Waals surface area contributed by atoms with Crippen molar-refractivity contribution < 1.29 is 14.7 Å². The van der Waals surface area contributed by atoms with E-state index < -0.39 is 5.91 Å². The number of carbonyl (C=O) groups excluding carboxylic acids is 1. The molecule has 7 heteroatoms. The highest BCUT2D eigenvalue weighted by molar-refractivity contribution is 6.04. The molecule has 1 aliphatic rings. The predicted molar refractivity (Wildman–Crippen MR) is 74.7 cm³/mol. The van der Waals surface area contributed by atoms with Crippen LogP contribution < -0.4 is 16.2 Å². The zero-order chi connectivity index (χ0) is 14.5. The summed E-state index contributed by atoms with van der Waals surface area (Å²) in [6.07, 6.45) is 3.33. The molecule has 0 aromatic heterocycles. The summed E-state index contributed by atoms with van der Waals surface area (Å²) in [6.45, 7) is 0.306. The third kappa shape index (κ3) is 2.94.